The van der Waals surface area contributed by atoms with Crippen molar-refractivity contribution in [3.63, 3.8) is 0 Å². The maximum Gasteiger partial charge on any atom is 0.325 e. The van der Waals surface area contributed by atoms with E-state index < -0.39 is 5.54 Å². The molecule has 1 fully saturated rings. The number of urea groups is 1. The first kappa shape index (κ1) is 9.39. The summed E-state index contributed by atoms with van der Waals surface area (Å²) < 4.78 is 0. The molecule has 16 heavy (non-hydrogen) atoms. The number of carbonyl (C=O) groups is 2. The normalized spacial score (nSPS) is 27.4. The minimum absolute atomic E-state index is 0.137. The number of hydrogen-bond acceptors (Lipinski definition) is 2. The lowest BCUT2D eigenvalue weighted by molar-refractivity contribution is -0.130. The first-order valence-corrected chi connectivity index (χ1v) is 5.34. The molecule has 0 saturated carbocycles. The molecule has 0 aromatic heterocycles. The minimum Gasteiger partial charge on any atom is -0.319 e. The van der Waals surface area contributed by atoms with Gasteiger partial charge in [-0.05, 0) is 24.0 Å². The molecule has 3 rings (SSSR count). The standard InChI is InChI=1S/C12H12N2O2/c1-14-10(15)12(13-11(14)16)7-6-8-4-2-3-5-9(8)12/h2-5H,6-7H2,1H3,(H,13,16). The molecule has 1 aromatic carbocycles. The van der Waals surface area contributed by atoms with E-state index in [9.17, 15) is 9.59 Å². The van der Waals surface area contributed by atoms with E-state index in [0.29, 0.717) is 6.42 Å². The first-order valence-electron chi connectivity index (χ1n) is 5.34. The van der Waals surface area contributed by atoms with Gasteiger partial charge in [-0.15, -0.1) is 0 Å². The number of likely N-dealkylation sites (N-methyl/N-ethyl adjacent to an activating group) is 1. The van der Waals surface area contributed by atoms with Crippen molar-refractivity contribution < 1.29 is 9.59 Å². The average molecular weight is 216 g/mol. The Morgan fingerprint density at radius 1 is 1.31 bits per heavy atom. The quantitative estimate of drug-likeness (QED) is 0.658. The van der Waals surface area contributed by atoms with Gasteiger partial charge in [0, 0.05) is 7.05 Å². The zero-order chi connectivity index (χ0) is 11.3. The highest BCUT2D eigenvalue weighted by molar-refractivity contribution is 6.07. The number of amides is 3. The second-order valence-electron chi connectivity index (χ2n) is 4.36. The summed E-state index contributed by atoms with van der Waals surface area (Å²) in [6.45, 7) is 0. The van der Waals surface area contributed by atoms with Crippen LogP contribution in [-0.4, -0.2) is 23.9 Å². The van der Waals surface area contributed by atoms with Gasteiger partial charge in [0.25, 0.3) is 5.91 Å². The highest BCUT2D eigenvalue weighted by atomic mass is 16.2. The van der Waals surface area contributed by atoms with Crippen LogP contribution in [0.4, 0.5) is 4.79 Å². The van der Waals surface area contributed by atoms with Gasteiger partial charge < -0.3 is 5.32 Å². The summed E-state index contributed by atoms with van der Waals surface area (Å²) in [5.41, 5.74) is 1.33. The molecule has 1 atom stereocenters. The van der Waals surface area contributed by atoms with Crippen LogP contribution >= 0.6 is 0 Å². The van der Waals surface area contributed by atoms with Gasteiger partial charge >= 0.3 is 6.03 Å². The van der Waals surface area contributed by atoms with Crippen molar-refractivity contribution >= 4 is 11.9 Å². The number of nitrogens with one attached hydrogen (secondary N) is 1. The number of benzene rings is 1. The van der Waals surface area contributed by atoms with Crippen molar-refractivity contribution in [3.05, 3.63) is 35.4 Å². The number of carbonyl (C=O) groups excluding carboxylic acids is 2. The Labute approximate surface area is 93.2 Å². The van der Waals surface area contributed by atoms with E-state index in [2.05, 4.69) is 5.32 Å². The number of rotatable bonds is 0. The van der Waals surface area contributed by atoms with Crippen LogP contribution in [0.15, 0.2) is 24.3 Å². The van der Waals surface area contributed by atoms with Gasteiger partial charge in [-0.25, -0.2) is 4.79 Å². The Morgan fingerprint density at radius 2 is 2.06 bits per heavy atom. The largest absolute Gasteiger partial charge is 0.325 e. The van der Waals surface area contributed by atoms with Crippen LogP contribution in [0.1, 0.15) is 17.5 Å². The fraction of sp³-hybridized carbons (Fsp3) is 0.333. The molecule has 1 N–H and O–H groups in total. The van der Waals surface area contributed by atoms with E-state index in [-0.39, 0.29) is 11.9 Å². The Kier molecular flexibility index (Phi) is 1.67. The van der Waals surface area contributed by atoms with Crippen LogP contribution in [-0.2, 0) is 16.8 Å². The molecule has 2 aliphatic rings. The molecule has 1 saturated heterocycles. The average Bonchev–Trinajstić information content (AvgIpc) is 2.77. The van der Waals surface area contributed by atoms with Crippen molar-refractivity contribution in [1.29, 1.82) is 0 Å². The van der Waals surface area contributed by atoms with Gasteiger partial charge in [-0.1, -0.05) is 24.3 Å². The Hall–Kier alpha value is -1.84. The summed E-state index contributed by atoms with van der Waals surface area (Å²) in [5.74, 6) is -0.137. The van der Waals surface area contributed by atoms with Crippen LogP contribution in [0.25, 0.3) is 0 Å². The number of aryl methyl sites for hydroxylation is 1. The molecule has 4 heteroatoms. The summed E-state index contributed by atoms with van der Waals surface area (Å²) in [5, 5.41) is 2.82. The smallest absolute Gasteiger partial charge is 0.319 e. The highest BCUT2D eigenvalue weighted by Gasteiger charge is 2.53. The first-order chi connectivity index (χ1) is 7.65. The van der Waals surface area contributed by atoms with Crippen molar-refractivity contribution in [2.75, 3.05) is 7.05 Å². The molecular weight excluding hydrogens is 204 g/mol. The van der Waals surface area contributed by atoms with Gasteiger partial charge in [0.1, 0.15) is 5.54 Å². The number of fused-ring (bicyclic) bond motifs is 2. The lowest BCUT2D eigenvalue weighted by Gasteiger charge is -2.21. The molecule has 3 amide bonds. The third kappa shape index (κ3) is 0.939. The molecule has 1 aliphatic carbocycles. The maximum atomic E-state index is 12.1. The van der Waals surface area contributed by atoms with Gasteiger partial charge in [0.05, 0.1) is 0 Å². The Bertz CT molecular complexity index is 498. The van der Waals surface area contributed by atoms with Gasteiger partial charge in [0.15, 0.2) is 0 Å². The Morgan fingerprint density at radius 3 is 2.75 bits per heavy atom. The van der Waals surface area contributed by atoms with Gasteiger partial charge in [-0.2, -0.15) is 0 Å². The molecule has 1 heterocycles. The number of imide groups is 1. The van der Waals surface area contributed by atoms with Gasteiger partial charge in [-0.3, -0.25) is 9.69 Å². The topological polar surface area (TPSA) is 49.4 Å². The fourth-order valence-corrected chi connectivity index (χ4v) is 2.66. The SMILES string of the molecule is CN1C(=O)NC2(CCc3ccccc32)C1=O. The lowest BCUT2D eigenvalue weighted by atomic mass is 9.92. The summed E-state index contributed by atoms with van der Waals surface area (Å²) >= 11 is 0. The summed E-state index contributed by atoms with van der Waals surface area (Å²) in [6.07, 6.45) is 1.51. The van der Waals surface area contributed by atoms with E-state index in [1.807, 2.05) is 24.3 Å². The lowest BCUT2D eigenvalue weighted by Crippen LogP contribution is -2.41. The van der Waals surface area contributed by atoms with E-state index in [1.165, 1.54) is 11.9 Å². The summed E-state index contributed by atoms with van der Waals surface area (Å²) in [7, 11) is 1.52. The van der Waals surface area contributed by atoms with Crippen LogP contribution < -0.4 is 5.32 Å². The molecule has 1 aliphatic heterocycles. The van der Waals surface area contributed by atoms with E-state index in [0.717, 1.165) is 17.5 Å². The third-order valence-electron chi connectivity index (χ3n) is 3.54. The maximum absolute atomic E-state index is 12.1. The highest BCUT2D eigenvalue weighted by Crippen LogP contribution is 2.40. The van der Waals surface area contributed by atoms with E-state index in [1.54, 1.807) is 0 Å². The van der Waals surface area contributed by atoms with Crippen molar-refractivity contribution in [2.45, 2.75) is 18.4 Å². The molecule has 1 spiro atoms. The second-order valence-corrected chi connectivity index (χ2v) is 4.36. The minimum atomic E-state index is -0.789. The monoisotopic (exact) mass is 216 g/mol. The predicted octanol–water partition coefficient (Wildman–Crippen LogP) is 1.01. The third-order valence-corrected chi connectivity index (χ3v) is 3.54. The van der Waals surface area contributed by atoms with Gasteiger partial charge in [0.2, 0.25) is 0 Å². The van der Waals surface area contributed by atoms with Crippen molar-refractivity contribution in [2.24, 2.45) is 0 Å². The second kappa shape index (κ2) is 2.84. The molecule has 1 aromatic rings. The predicted molar refractivity (Wildman–Crippen MR) is 57.7 cm³/mol. The van der Waals surface area contributed by atoms with E-state index >= 15 is 0 Å². The molecule has 82 valence electrons. The zero-order valence-corrected chi connectivity index (χ0v) is 8.99. The van der Waals surface area contributed by atoms with E-state index in [4.69, 9.17) is 0 Å². The number of hydrogen-bond donors (Lipinski definition) is 1. The van der Waals surface area contributed by atoms with Crippen LogP contribution in [0.3, 0.4) is 0 Å². The van der Waals surface area contributed by atoms with Crippen LogP contribution in [0.2, 0.25) is 0 Å². The molecule has 0 radical (unpaired) electrons. The van der Waals surface area contributed by atoms with Crippen LogP contribution in [0.5, 0.6) is 0 Å². The summed E-state index contributed by atoms with van der Waals surface area (Å²) in [4.78, 5) is 24.9. The Balaban J connectivity index is 2.16. The molecule has 4 nitrogen and oxygen atoms in total. The molecule has 1 unspecified atom stereocenters. The van der Waals surface area contributed by atoms with Crippen molar-refractivity contribution in [1.82, 2.24) is 10.2 Å². The fourth-order valence-electron chi connectivity index (χ4n) is 2.66. The molecule has 0 bridgehead atoms. The number of nitrogens with zero attached hydrogens (tertiary/aromatic N) is 1. The van der Waals surface area contributed by atoms with Crippen molar-refractivity contribution in [3.8, 4) is 0 Å². The summed E-state index contributed by atoms with van der Waals surface area (Å²) in [6, 6.07) is 7.51. The zero-order valence-electron chi connectivity index (χ0n) is 8.99. The van der Waals surface area contributed by atoms with Crippen LogP contribution in [0, 0.1) is 0 Å². The molecular formula is C12H12N2O2.